The molecule has 25 heavy (non-hydrogen) atoms. The van der Waals surface area contributed by atoms with E-state index in [2.05, 4.69) is 0 Å². The first-order valence-electron chi connectivity index (χ1n) is 8.03. The predicted molar refractivity (Wildman–Crippen MR) is 96.5 cm³/mol. The largest absolute Gasteiger partial charge is 0.497 e. The maximum Gasteiger partial charge on any atom is 0.245 e. The highest BCUT2D eigenvalue weighted by molar-refractivity contribution is 7.89. The summed E-state index contributed by atoms with van der Waals surface area (Å²) in [6.45, 7) is -0.256. The first kappa shape index (κ1) is 18.2. The molecule has 1 atom stereocenters. The fraction of sp³-hybridized carbons (Fsp3) is 0.333. The molecule has 0 saturated carbocycles. The average molecular weight is 382 g/mol. The van der Waals surface area contributed by atoms with E-state index in [9.17, 15) is 13.5 Å². The summed E-state index contributed by atoms with van der Waals surface area (Å²) < 4.78 is 33.0. The van der Waals surface area contributed by atoms with Crippen molar-refractivity contribution in [1.82, 2.24) is 4.31 Å². The Balaban J connectivity index is 2.06. The van der Waals surface area contributed by atoms with Crippen LogP contribution in [0.3, 0.4) is 0 Å². The minimum atomic E-state index is -3.89. The first-order valence-corrected chi connectivity index (χ1v) is 9.85. The third-order valence-corrected chi connectivity index (χ3v) is 6.88. The van der Waals surface area contributed by atoms with Gasteiger partial charge in [0.1, 0.15) is 10.6 Å². The molecule has 0 radical (unpaired) electrons. The highest BCUT2D eigenvalue weighted by Crippen LogP contribution is 2.40. The van der Waals surface area contributed by atoms with Crippen LogP contribution >= 0.6 is 11.6 Å². The summed E-state index contributed by atoms with van der Waals surface area (Å²) in [5, 5.41) is 9.60. The summed E-state index contributed by atoms with van der Waals surface area (Å²) in [4.78, 5) is -0.00801. The van der Waals surface area contributed by atoms with E-state index in [4.69, 9.17) is 16.3 Å². The summed E-state index contributed by atoms with van der Waals surface area (Å²) in [5.41, 5.74) is 2.13. The van der Waals surface area contributed by atoms with Gasteiger partial charge in [0.15, 0.2) is 0 Å². The van der Waals surface area contributed by atoms with Gasteiger partial charge in [-0.2, -0.15) is 4.31 Å². The number of nitrogens with zero attached hydrogens (tertiary/aromatic N) is 1. The molecule has 2 aromatic rings. The Morgan fingerprint density at radius 2 is 2.04 bits per heavy atom. The molecule has 2 aromatic carbocycles. The number of hydrogen-bond acceptors (Lipinski definition) is 4. The van der Waals surface area contributed by atoms with Gasteiger partial charge < -0.3 is 9.84 Å². The standard InChI is InChI=1S/C18H20ClNO4S/c1-24-14-7-8-16(19)18(12-14)25(22,23)20(10-11-21)17-9-6-13-4-2-3-5-15(13)17/h2-5,7-8,12,17,21H,6,9-11H2,1H3. The molecule has 0 aromatic heterocycles. The number of aliphatic hydroxyl groups excluding tert-OH is 1. The topological polar surface area (TPSA) is 66.8 Å². The second kappa shape index (κ2) is 7.33. The molecule has 134 valence electrons. The number of rotatable bonds is 6. The molecule has 0 spiro atoms. The van der Waals surface area contributed by atoms with Crippen molar-refractivity contribution in [2.75, 3.05) is 20.3 Å². The van der Waals surface area contributed by atoms with Gasteiger partial charge in [-0.05, 0) is 36.1 Å². The number of aliphatic hydroxyl groups is 1. The van der Waals surface area contributed by atoms with E-state index in [1.165, 1.54) is 23.5 Å². The Bertz CT molecular complexity index is 869. The first-order chi connectivity index (χ1) is 12.0. The van der Waals surface area contributed by atoms with Crippen LogP contribution in [0.25, 0.3) is 0 Å². The fourth-order valence-corrected chi connectivity index (χ4v) is 5.43. The van der Waals surface area contributed by atoms with E-state index in [1.54, 1.807) is 6.07 Å². The summed E-state index contributed by atoms with van der Waals surface area (Å²) in [5.74, 6) is 0.416. The lowest BCUT2D eigenvalue weighted by atomic mass is 10.1. The van der Waals surface area contributed by atoms with Crippen LogP contribution < -0.4 is 4.74 Å². The van der Waals surface area contributed by atoms with Gasteiger partial charge in [0, 0.05) is 12.6 Å². The second-order valence-corrected chi connectivity index (χ2v) is 8.16. The van der Waals surface area contributed by atoms with Crippen molar-refractivity contribution in [3.8, 4) is 5.75 Å². The zero-order valence-electron chi connectivity index (χ0n) is 13.9. The van der Waals surface area contributed by atoms with E-state index in [0.717, 1.165) is 17.5 Å². The van der Waals surface area contributed by atoms with Crippen LogP contribution in [0.1, 0.15) is 23.6 Å². The third kappa shape index (κ3) is 3.40. The number of sulfonamides is 1. The summed E-state index contributed by atoms with van der Waals surface area (Å²) in [6, 6.07) is 12.0. The Morgan fingerprint density at radius 1 is 1.28 bits per heavy atom. The zero-order chi connectivity index (χ0) is 18.0. The molecule has 3 rings (SSSR count). The van der Waals surface area contributed by atoms with Gasteiger partial charge in [0.25, 0.3) is 0 Å². The van der Waals surface area contributed by atoms with Crippen LogP contribution in [0.15, 0.2) is 47.4 Å². The SMILES string of the molecule is COc1ccc(Cl)c(S(=O)(=O)N(CCO)C2CCc3ccccc32)c1. The van der Waals surface area contributed by atoms with Crippen LogP contribution in [-0.4, -0.2) is 38.1 Å². The Hall–Kier alpha value is -1.60. The number of aryl methyl sites for hydroxylation is 1. The molecule has 0 fully saturated rings. The monoisotopic (exact) mass is 381 g/mol. The average Bonchev–Trinajstić information content (AvgIpc) is 3.03. The van der Waals surface area contributed by atoms with Crippen LogP contribution in [0.5, 0.6) is 5.75 Å². The normalized spacial score (nSPS) is 16.9. The van der Waals surface area contributed by atoms with Crippen molar-refractivity contribution in [3.05, 3.63) is 58.6 Å². The highest BCUT2D eigenvalue weighted by Gasteiger charge is 2.36. The number of ether oxygens (including phenoxy) is 1. The van der Waals surface area contributed by atoms with Gasteiger partial charge >= 0.3 is 0 Å². The molecule has 0 aliphatic heterocycles. The van der Waals surface area contributed by atoms with E-state index < -0.39 is 10.0 Å². The van der Waals surface area contributed by atoms with Gasteiger partial charge in [-0.1, -0.05) is 35.9 Å². The summed E-state index contributed by atoms with van der Waals surface area (Å²) in [7, 11) is -2.42. The number of halogens is 1. The molecule has 0 bridgehead atoms. The van der Waals surface area contributed by atoms with E-state index in [1.807, 2.05) is 24.3 Å². The Labute approximate surface area is 152 Å². The predicted octanol–water partition coefficient (Wildman–Crippen LogP) is 3.02. The summed E-state index contributed by atoms with van der Waals surface area (Å²) in [6.07, 6.45) is 1.49. The number of fused-ring (bicyclic) bond motifs is 1. The van der Waals surface area contributed by atoms with Crippen LogP contribution in [0, 0.1) is 0 Å². The van der Waals surface area contributed by atoms with E-state index in [0.29, 0.717) is 12.2 Å². The maximum absolute atomic E-state index is 13.3. The minimum Gasteiger partial charge on any atom is -0.497 e. The molecule has 1 aliphatic rings. The molecule has 7 heteroatoms. The number of hydrogen-bond donors (Lipinski definition) is 1. The van der Waals surface area contributed by atoms with E-state index >= 15 is 0 Å². The van der Waals surface area contributed by atoms with Gasteiger partial charge in [0.05, 0.1) is 24.8 Å². The molecule has 1 aliphatic carbocycles. The molecule has 5 nitrogen and oxygen atoms in total. The quantitative estimate of drug-likeness (QED) is 0.835. The molecular weight excluding hydrogens is 362 g/mol. The minimum absolute atomic E-state index is 0.00801. The molecule has 0 saturated heterocycles. The van der Waals surface area contributed by atoms with Gasteiger partial charge in [-0.15, -0.1) is 0 Å². The van der Waals surface area contributed by atoms with Crippen molar-refractivity contribution < 1.29 is 18.3 Å². The van der Waals surface area contributed by atoms with E-state index in [-0.39, 0.29) is 29.1 Å². The van der Waals surface area contributed by atoms with Crippen molar-refractivity contribution in [2.45, 2.75) is 23.8 Å². The molecule has 1 N–H and O–H groups in total. The number of methoxy groups -OCH3 is 1. The van der Waals surface area contributed by atoms with Crippen LogP contribution in [0.2, 0.25) is 5.02 Å². The van der Waals surface area contributed by atoms with Gasteiger partial charge in [-0.25, -0.2) is 8.42 Å². The molecule has 1 unspecified atom stereocenters. The van der Waals surface area contributed by atoms with Gasteiger partial charge in [0.2, 0.25) is 10.0 Å². The lowest BCUT2D eigenvalue weighted by Crippen LogP contribution is -2.36. The number of benzene rings is 2. The van der Waals surface area contributed by atoms with Crippen molar-refractivity contribution in [3.63, 3.8) is 0 Å². The Kier molecular flexibility index (Phi) is 5.34. The Morgan fingerprint density at radius 3 is 2.76 bits per heavy atom. The maximum atomic E-state index is 13.3. The van der Waals surface area contributed by atoms with Crippen molar-refractivity contribution in [1.29, 1.82) is 0 Å². The highest BCUT2D eigenvalue weighted by atomic mass is 35.5. The third-order valence-electron chi connectivity index (χ3n) is 4.49. The lowest BCUT2D eigenvalue weighted by molar-refractivity contribution is 0.225. The lowest BCUT2D eigenvalue weighted by Gasteiger charge is -2.28. The smallest absolute Gasteiger partial charge is 0.245 e. The molecular formula is C18H20ClNO4S. The molecule has 0 heterocycles. The van der Waals surface area contributed by atoms with Crippen molar-refractivity contribution in [2.24, 2.45) is 0 Å². The molecule has 0 amide bonds. The van der Waals surface area contributed by atoms with Crippen LogP contribution in [0.4, 0.5) is 0 Å². The van der Waals surface area contributed by atoms with Gasteiger partial charge in [-0.3, -0.25) is 0 Å². The van der Waals surface area contributed by atoms with Crippen molar-refractivity contribution >= 4 is 21.6 Å². The summed E-state index contributed by atoms with van der Waals surface area (Å²) >= 11 is 6.16. The van der Waals surface area contributed by atoms with Crippen LogP contribution in [-0.2, 0) is 16.4 Å². The fourth-order valence-electron chi connectivity index (χ4n) is 3.31. The second-order valence-electron chi connectivity index (χ2n) is 5.89. The zero-order valence-corrected chi connectivity index (χ0v) is 15.4.